The van der Waals surface area contributed by atoms with Gasteiger partial charge in [0.15, 0.2) is 0 Å². The molecule has 0 nitrogen and oxygen atoms in total. The van der Waals surface area contributed by atoms with E-state index in [0.717, 1.165) is 0 Å². The van der Waals surface area contributed by atoms with E-state index < -0.39 is 0 Å². The Morgan fingerprint density at radius 2 is 1.90 bits per heavy atom. The molecule has 0 aromatic rings. The van der Waals surface area contributed by atoms with Crippen LogP contribution < -0.4 is 0 Å². The zero-order valence-electron chi connectivity index (χ0n) is 7.19. The van der Waals surface area contributed by atoms with E-state index in [0.29, 0.717) is 5.41 Å². The summed E-state index contributed by atoms with van der Waals surface area (Å²) in [6.07, 6.45) is 11.6. The lowest BCUT2D eigenvalue weighted by Gasteiger charge is -2.21. The molecule has 0 aromatic carbocycles. The first-order chi connectivity index (χ1) is 4.71. The smallest absolute Gasteiger partial charge is 0.0175 e. The van der Waals surface area contributed by atoms with Crippen LogP contribution in [0.1, 0.15) is 46.0 Å². The minimum atomic E-state index is 0.473. The largest absolute Gasteiger partial charge is 0.0880 e. The van der Waals surface area contributed by atoms with Gasteiger partial charge in [0, 0.05) is 0 Å². The maximum atomic E-state index is 2.38. The molecule has 0 heteroatoms. The molecule has 0 aliphatic heterocycles. The Labute approximate surface area is 64.3 Å². The Kier molecular flexibility index (Phi) is 2.53. The fourth-order valence-electron chi connectivity index (χ4n) is 1.51. The zero-order chi connectivity index (χ0) is 7.45. The summed E-state index contributed by atoms with van der Waals surface area (Å²) in [4.78, 5) is 0. The summed E-state index contributed by atoms with van der Waals surface area (Å²) in [7, 11) is 0. The first-order valence-corrected chi connectivity index (χ1v) is 4.38. The molecule has 0 spiro atoms. The van der Waals surface area contributed by atoms with Crippen molar-refractivity contribution < 1.29 is 0 Å². The standard InChI is InChI=1S/C10H18/c1-10(2)8-6-4-3-5-7-9-10/h6,8H,3-5,7,9H2,1-2H3/b8-6-. The molecule has 0 heterocycles. The Morgan fingerprint density at radius 1 is 1.10 bits per heavy atom. The second kappa shape index (κ2) is 3.23. The summed E-state index contributed by atoms with van der Waals surface area (Å²) < 4.78 is 0. The maximum absolute atomic E-state index is 2.38. The van der Waals surface area contributed by atoms with Crippen molar-refractivity contribution in [3.8, 4) is 0 Å². The molecule has 0 fully saturated rings. The summed E-state index contributed by atoms with van der Waals surface area (Å²) in [5, 5.41) is 0. The van der Waals surface area contributed by atoms with Gasteiger partial charge < -0.3 is 0 Å². The predicted octanol–water partition coefficient (Wildman–Crippen LogP) is 3.53. The Bertz CT molecular complexity index is 120. The molecule has 0 N–H and O–H groups in total. The molecule has 0 saturated heterocycles. The van der Waals surface area contributed by atoms with E-state index in [1.165, 1.54) is 32.1 Å². The molecule has 0 aromatic heterocycles. The van der Waals surface area contributed by atoms with Crippen LogP contribution in [0.2, 0.25) is 0 Å². The average Bonchev–Trinajstić information content (AvgIpc) is 1.81. The van der Waals surface area contributed by atoms with Crippen LogP contribution in [-0.2, 0) is 0 Å². The summed E-state index contributed by atoms with van der Waals surface area (Å²) in [5.41, 5.74) is 0.473. The van der Waals surface area contributed by atoms with Crippen LogP contribution in [0.15, 0.2) is 12.2 Å². The molecule has 1 rings (SSSR count). The SMILES string of the molecule is CC1(C)/C=C\CCCCC1. The van der Waals surface area contributed by atoms with Gasteiger partial charge in [0.2, 0.25) is 0 Å². The molecule has 1 aliphatic carbocycles. The van der Waals surface area contributed by atoms with E-state index >= 15 is 0 Å². The third-order valence-electron chi connectivity index (χ3n) is 2.26. The Morgan fingerprint density at radius 3 is 2.70 bits per heavy atom. The van der Waals surface area contributed by atoms with Crippen LogP contribution in [0, 0.1) is 5.41 Å². The molecule has 0 saturated carbocycles. The second-order valence-electron chi connectivity index (χ2n) is 3.99. The number of hydrogen-bond acceptors (Lipinski definition) is 0. The topological polar surface area (TPSA) is 0 Å². The fourth-order valence-corrected chi connectivity index (χ4v) is 1.51. The number of hydrogen-bond donors (Lipinski definition) is 0. The highest BCUT2D eigenvalue weighted by Crippen LogP contribution is 2.27. The van der Waals surface area contributed by atoms with Gasteiger partial charge in [0.05, 0.1) is 0 Å². The van der Waals surface area contributed by atoms with Crippen LogP contribution in [0.5, 0.6) is 0 Å². The highest BCUT2D eigenvalue weighted by Gasteiger charge is 2.13. The summed E-state index contributed by atoms with van der Waals surface area (Å²) in [6, 6.07) is 0. The van der Waals surface area contributed by atoms with Crippen LogP contribution in [0.4, 0.5) is 0 Å². The van der Waals surface area contributed by atoms with Crippen molar-refractivity contribution in [3.63, 3.8) is 0 Å². The monoisotopic (exact) mass is 138 g/mol. The van der Waals surface area contributed by atoms with E-state index in [2.05, 4.69) is 26.0 Å². The molecular weight excluding hydrogens is 120 g/mol. The molecule has 0 radical (unpaired) electrons. The molecule has 10 heavy (non-hydrogen) atoms. The van der Waals surface area contributed by atoms with Crippen molar-refractivity contribution in [2.75, 3.05) is 0 Å². The summed E-state index contributed by atoms with van der Waals surface area (Å²) in [6.45, 7) is 4.66. The van der Waals surface area contributed by atoms with Gasteiger partial charge in [-0.15, -0.1) is 0 Å². The first-order valence-electron chi connectivity index (χ1n) is 4.38. The zero-order valence-corrected chi connectivity index (χ0v) is 7.19. The summed E-state index contributed by atoms with van der Waals surface area (Å²) in [5.74, 6) is 0. The third kappa shape index (κ3) is 2.55. The highest BCUT2D eigenvalue weighted by atomic mass is 14.2. The van der Waals surface area contributed by atoms with E-state index in [1.54, 1.807) is 0 Å². The van der Waals surface area contributed by atoms with Gasteiger partial charge in [0.1, 0.15) is 0 Å². The van der Waals surface area contributed by atoms with Crippen molar-refractivity contribution in [2.24, 2.45) is 5.41 Å². The maximum Gasteiger partial charge on any atom is -0.0175 e. The normalized spacial score (nSPS) is 28.6. The van der Waals surface area contributed by atoms with E-state index in [-0.39, 0.29) is 0 Å². The lowest BCUT2D eigenvalue weighted by Crippen LogP contribution is -2.07. The molecule has 58 valence electrons. The van der Waals surface area contributed by atoms with Crippen molar-refractivity contribution in [1.82, 2.24) is 0 Å². The van der Waals surface area contributed by atoms with Crippen LogP contribution in [0.3, 0.4) is 0 Å². The van der Waals surface area contributed by atoms with Gasteiger partial charge in [-0.1, -0.05) is 38.8 Å². The third-order valence-corrected chi connectivity index (χ3v) is 2.26. The number of allylic oxidation sites excluding steroid dienone is 2. The fraction of sp³-hybridized carbons (Fsp3) is 0.800. The van der Waals surface area contributed by atoms with E-state index in [9.17, 15) is 0 Å². The molecule has 0 unspecified atom stereocenters. The average molecular weight is 138 g/mol. The Hall–Kier alpha value is -0.260. The number of rotatable bonds is 0. The van der Waals surface area contributed by atoms with Gasteiger partial charge in [-0.3, -0.25) is 0 Å². The van der Waals surface area contributed by atoms with Crippen LogP contribution in [0.25, 0.3) is 0 Å². The van der Waals surface area contributed by atoms with Crippen molar-refractivity contribution in [2.45, 2.75) is 46.0 Å². The lowest BCUT2D eigenvalue weighted by molar-refractivity contribution is 0.402. The van der Waals surface area contributed by atoms with Gasteiger partial charge in [-0.05, 0) is 24.7 Å². The summed E-state index contributed by atoms with van der Waals surface area (Å²) >= 11 is 0. The van der Waals surface area contributed by atoms with Crippen LogP contribution >= 0.6 is 0 Å². The minimum absolute atomic E-state index is 0.473. The molecule has 0 atom stereocenters. The van der Waals surface area contributed by atoms with Crippen LogP contribution in [-0.4, -0.2) is 0 Å². The molecule has 1 aliphatic rings. The lowest BCUT2D eigenvalue weighted by atomic mass is 9.84. The molecular formula is C10H18. The van der Waals surface area contributed by atoms with Gasteiger partial charge >= 0.3 is 0 Å². The van der Waals surface area contributed by atoms with E-state index in [1.807, 2.05) is 0 Å². The van der Waals surface area contributed by atoms with Crippen molar-refractivity contribution in [3.05, 3.63) is 12.2 Å². The van der Waals surface area contributed by atoms with Gasteiger partial charge in [0.25, 0.3) is 0 Å². The van der Waals surface area contributed by atoms with Crippen molar-refractivity contribution >= 4 is 0 Å². The highest BCUT2D eigenvalue weighted by molar-refractivity contribution is 4.95. The molecule has 0 amide bonds. The van der Waals surface area contributed by atoms with Crippen molar-refractivity contribution in [1.29, 1.82) is 0 Å². The second-order valence-corrected chi connectivity index (χ2v) is 3.99. The van der Waals surface area contributed by atoms with Gasteiger partial charge in [-0.25, -0.2) is 0 Å². The minimum Gasteiger partial charge on any atom is -0.0880 e. The van der Waals surface area contributed by atoms with E-state index in [4.69, 9.17) is 0 Å². The Balaban J connectivity index is 2.49. The van der Waals surface area contributed by atoms with Gasteiger partial charge in [-0.2, -0.15) is 0 Å². The molecule has 0 bridgehead atoms. The first kappa shape index (κ1) is 7.84. The predicted molar refractivity (Wildman–Crippen MR) is 46.0 cm³/mol. The quantitative estimate of drug-likeness (QED) is 0.449.